The number of unbranched alkanes of at least 4 members (excludes halogenated alkanes) is 1. The van der Waals surface area contributed by atoms with Crippen molar-refractivity contribution in [3.05, 3.63) is 59.7 Å². The zero-order chi connectivity index (χ0) is 36.1. The van der Waals surface area contributed by atoms with E-state index < -0.39 is 31.6 Å². The van der Waals surface area contributed by atoms with Gasteiger partial charge in [0.25, 0.3) is 5.91 Å². The first kappa shape index (κ1) is 37.6. The van der Waals surface area contributed by atoms with Gasteiger partial charge in [-0.05, 0) is 69.1 Å². The average molecular weight is 711 g/mol. The fourth-order valence-corrected chi connectivity index (χ4v) is 10.5. The summed E-state index contributed by atoms with van der Waals surface area (Å²) >= 11 is 0. The molecule has 3 amide bonds. The van der Waals surface area contributed by atoms with Crippen molar-refractivity contribution in [1.29, 1.82) is 0 Å². The molecule has 0 radical (unpaired) electrons. The van der Waals surface area contributed by atoms with Gasteiger partial charge in [-0.15, -0.1) is 0 Å². The van der Waals surface area contributed by atoms with E-state index in [4.69, 9.17) is 9.47 Å². The molecule has 11 nitrogen and oxygen atoms in total. The van der Waals surface area contributed by atoms with Gasteiger partial charge < -0.3 is 39.1 Å². The Balaban J connectivity index is 1.48. The second-order valence-corrected chi connectivity index (χ2v) is 18.0. The van der Waals surface area contributed by atoms with E-state index in [9.17, 15) is 24.3 Å². The maximum Gasteiger partial charge on any atom is 0.305 e. The molecule has 272 valence electrons. The smallest absolute Gasteiger partial charge is 0.305 e. The van der Waals surface area contributed by atoms with Crippen LogP contribution in [0.3, 0.4) is 0 Å². The molecule has 2 aromatic carbocycles. The molecular formula is C37H51FN4O7Si. The number of aliphatic hydroxyl groups excluding tert-OH is 1. The molecule has 3 aliphatic heterocycles. The fraction of sp³-hybridized carbons (Fsp3) is 0.568. The van der Waals surface area contributed by atoms with Crippen LogP contribution in [0.1, 0.15) is 56.6 Å². The van der Waals surface area contributed by atoms with Gasteiger partial charge in [-0.25, -0.2) is 0 Å². The maximum absolute atomic E-state index is 16.5. The number of aliphatic hydroxyl groups is 1. The lowest BCUT2D eigenvalue weighted by Gasteiger charge is -2.31. The third-order valence-corrected chi connectivity index (χ3v) is 12.9. The highest BCUT2D eigenvalue weighted by molar-refractivity contribution is 6.72. The van der Waals surface area contributed by atoms with E-state index in [-0.39, 0.29) is 62.1 Å². The summed E-state index contributed by atoms with van der Waals surface area (Å²) in [5, 5.41) is 16.1. The van der Waals surface area contributed by atoms with E-state index in [1.54, 1.807) is 41.1 Å². The molecule has 2 aromatic rings. The summed E-state index contributed by atoms with van der Waals surface area (Å²) in [5.41, 5.74) is 0.258. The summed E-state index contributed by atoms with van der Waals surface area (Å²) in [4.78, 5) is 56.8. The normalized spacial score (nSPS) is 24.7. The number of nitrogens with one attached hydrogen (secondary N) is 2. The molecule has 3 aliphatic rings. The van der Waals surface area contributed by atoms with E-state index in [1.165, 1.54) is 7.11 Å². The number of hydrogen-bond acceptors (Lipinski definition) is 8. The predicted octanol–water partition coefficient (Wildman–Crippen LogP) is 4.50. The molecular weight excluding hydrogens is 660 g/mol. The summed E-state index contributed by atoms with van der Waals surface area (Å²) < 4.78 is 28.0. The minimum Gasteiger partial charge on any atom is -0.469 e. The topological polar surface area (TPSA) is 138 Å². The molecule has 5 rings (SSSR count). The van der Waals surface area contributed by atoms with Gasteiger partial charge >= 0.3 is 5.97 Å². The Bertz CT molecular complexity index is 1530. The standard InChI is InChI=1S/C37H51FN4O7Si/c1-25-34(50(3,4)38)31(22-32(44)41(19-20-43)24-26-11-6-5-7-12-26)49-37(25)29-21-28(40-35(46)27-13-10-17-39-23-27)15-16-30(29)42(36(37)47)18-9-8-14-33(45)48-2/h5-7,11-12,15-16,21,25,27,31,34,39,43H,8-10,13-14,17-20,22-24H2,1-4H3,(H,40,46)/t25-,27?,31+,34-,37+/m1/s1. The number of halogens is 1. The van der Waals surface area contributed by atoms with Gasteiger partial charge in [-0.3, -0.25) is 19.2 Å². The third-order valence-electron chi connectivity index (χ3n) is 10.5. The largest absolute Gasteiger partial charge is 0.469 e. The minimum atomic E-state index is -3.57. The van der Waals surface area contributed by atoms with Gasteiger partial charge in [0.15, 0.2) is 5.60 Å². The summed E-state index contributed by atoms with van der Waals surface area (Å²) in [7, 11) is -2.23. The zero-order valence-electron chi connectivity index (χ0n) is 29.6. The van der Waals surface area contributed by atoms with Crippen molar-refractivity contribution in [2.24, 2.45) is 11.8 Å². The number of fused-ring (bicyclic) bond motifs is 2. The van der Waals surface area contributed by atoms with Crippen molar-refractivity contribution < 1.29 is 37.9 Å². The van der Waals surface area contributed by atoms with Crippen LogP contribution in [-0.2, 0) is 40.8 Å². The van der Waals surface area contributed by atoms with Crippen molar-refractivity contribution in [3.8, 4) is 0 Å². The van der Waals surface area contributed by atoms with E-state index >= 15 is 4.11 Å². The number of benzene rings is 2. The van der Waals surface area contributed by atoms with Crippen LogP contribution in [0.2, 0.25) is 18.6 Å². The number of piperidine rings is 1. The van der Waals surface area contributed by atoms with Crippen molar-refractivity contribution in [2.45, 2.75) is 82.3 Å². The third kappa shape index (κ3) is 7.95. The number of carbonyl (C=O) groups excluding carboxylic acids is 4. The van der Waals surface area contributed by atoms with Gasteiger partial charge in [0.2, 0.25) is 20.2 Å². The van der Waals surface area contributed by atoms with Crippen LogP contribution in [-0.4, -0.2) is 88.1 Å². The number of anilines is 2. The van der Waals surface area contributed by atoms with Crippen molar-refractivity contribution in [2.75, 3.05) is 50.1 Å². The monoisotopic (exact) mass is 710 g/mol. The van der Waals surface area contributed by atoms with Gasteiger partial charge in [-0.1, -0.05) is 37.3 Å². The fourth-order valence-electron chi connectivity index (χ4n) is 8.03. The molecule has 1 unspecified atom stereocenters. The van der Waals surface area contributed by atoms with E-state index in [0.717, 1.165) is 24.9 Å². The Morgan fingerprint density at radius 1 is 1.18 bits per heavy atom. The van der Waals surface area contributed by atoms with Gasteiger partial charge in [0.1, 0.15) is 0 Å². The van der Waals surface area contributed by atoms with Crippen LogP contribution in [0.4, 0.5) is 15.5 Å². The highest BCUT2D eigenvalue weighted by Crippen LogP contribution is 2.60. The number of ether oxygens (including phenoxy) is 2. The van der Waals surface area contributed by atoms with Gasteiger partial charge in [0, 0.05) is 55.3 Å². The van der Waals surface area contributed by atoms with Crippen molar-refractivity contribution >= 4 is 43.5 Å². The predicted molar refractivity (Wildman–Crippen MR) is 191 cm³/mol. The van der Waals surface area contributed by atoms with E-state index in [2.05, 4.69) is 10.6 Å². The second-order valence-electron chi connectivity index (χ2n) is 14.3. The summed E-state index contributed by atoms with van der Waals surface area (Å²) in [5.74, 6) is -1.90. The lowest BCUT2D eigenvalue weighted by Crippen LogP contribution is -2.45. The molecule has 50 heavy (non-hydrogen) atoms. The van der Waals surface area contributed by atoms with E-state index in [0.29, 0.717) is 42.9 Å². The molecule has 1 spiro atoms. The van der Waals surface area contributed by atoms with Crippen LogP contribution in [0, 0.1) is 11.8 Å². The van der Waals surface area contributed by atoms with Crippen LogP contribution >= 0.6 is 0 Å². The number of methoxy groups -OCH3 is 1. The number of carbonyl (C=O) groups is 4. The molecule has 0 aromatic heterocycles. The minimum absolute atomic E-state index is 0.100. The zero-order valence-corrected chi connectivity index (χ0v) is 30.6. The van der Waals surface area contributed by atoms with Crippen molar-refractivity contribution in [1.82, 2.24) is 10.2 Å². The van der Waals surface area contributed by atoms with E-state index in [1.807, 2.05) is 37.3 Å². The average Bonchev–Trinajstić information content (AvgIpc) is 3.52. The van der Waals surface area contributed by atoms with Crippen LogP contribution in [0.25, 0.3) is 0 Å². The number of nitrogens with zero attached hydrogens (tertiary/aromatic N) is 2. The number of amides is 3. The summed E-state index contributed by atoms with van der Waals surface area (Å²) in [6.07, 6.45) is 1.86. The molecule has 2 saturated heterocycles. The summed E-state index contributed by atoms with van der Waals surface area (Å²) in [6.45, 7) is 6.90. The SMILES string of the molecule is COC(=O)CCCCN1C(=O)[C@@]2(O[C@@H](CC(=O)N(CCO)Cc3ccccc3)[C@H]([Si](C)(C)F)[C@H]2C)c2cc(NC(=O)C3CCCNC3)ccc21. The highest BCUT2D eigenvalue weighted by Gasteiger charge is 2.67. The molecule has 0 aliphatic carbocycles. The van der Waals surface area contributed by atoms with Crippen LogP contribution < -0.4 is 15.5 Å². The van der Waals surface area contributed by atoms with Crippen molar-refractivity contribution in [3.63, 3.8) is 0 Å². The molecule has 3 N–H and O–H groups in total. The Labute approximate surface area is 295 Å². The number of hydrogen-bond donors (Lipinski definition) is 3. The number of esters is 1. The first-order valence-corrected chi connectivity index (χ1v) is 20.7. The molecule has 13 heteroatoms. The molecule has 3 heterocycles. The second kappa shape index (κ2) is 16.1. The molecule has 0 saturated carbocycles. The van der Waals surface area contributed by atoms with Gasteiger partial charge in [-0.2, -0.15) is 0 Å². The van der Waals surface area contributed by atoms with Crippen LogP contribution in [0.5, 0.6) is 0 Å². The summed E-state index contributed by atoms with van der Waals surface area (Å²) in [6, 6.07) is 14.8. The molecule has 2 fully saturated rings. The Morgan fingerprint density at radius 2 is 1.94 bits per heavy atom. The Morgan fingerprint density at radius 3 is 2.60 bits per heavy atom. The highest BCUT2D eigenvalue weighted by atomic mass is 28.4. The van der Waals surface area contributed by atoms with Crippen LogP contribution in [0.15, 0.2) is 48.5 Å². The molecule has 0 bridgehead atoms. The quantitative estimate of drug-likeness (QED) is 0.113. The molecule has 5 atom stereocenters. The first-order valence-electron chi connectivity index (χ1n) is 17.7. The van der Waals surface area contributed by atoms with Gasteiger partial charge in [0.05, 0.1) is 37.8 Å². The first-order chi connectivity index (χ1) is 23.9. The Hall–Kier alpha value is -3.65. The Kier molecular flexibility index (Phi) is 12.1. The lowest BCUT2D eigenvalue weighted by molar-refractivity contribution is -0.149. The lowest BCUT2D eigenvalue weighted by atomic mass is 9.82. The maximum atomic E-state index is 16.5. The number of rotatable bonds is 14.